The first-order chi connectivity index (χ1) is 10.8. The molecule has 1 N–H and O–H groups in total. The van der Waals surface area contributed by atoms with Gasteiger partial charge >= 0.3 is 0 Å². The molecule has 1 aromatic carbocycles. The lowest BCUT2D eigenvalue weighted by Crippen LogP contribution is -2.37. The molecular weight excluding hydrogens is 288 g/mol. The smallest absolute Gasteiger partial charge is 0.229 e. The summed E-state index contributed by atoms with van der Waals surface area (Å²) < 4.78 is 5.82. The third-order valence-corrected chi connectivity index (χ3v) is 4.21. The maximum atomic E-state index is 11.9. The fourth-order valence-electron chi connectivity index (χ4n) is 2.74. The Balaban J connectivity index is 1.75. The van der Waals surface area contributed by atoms with Gasteiger partial charge in [0, 0.05) is 24.2 Å². The van der Waals surface area contributed by atoms with E-state index in [4.69, 9.17) is 4.74 Å². The number of anilines is 1. The molecule has 0 aliphatic carbocycles. The lowest BCUT2D eigenvalue weighted by Gasteiger charge is -2.30. The van der Waals surface area contributed by atoms with Crippen LogP contribution in [0.2, 0.25) is 0 Å². The van der Waals surface area contributed by atoms with Crippen molar-refractivity contribution in [2.24, 2.45) is 11.3 Å². The number of nitrogens with zero attached hydrogens (tertiary/aromatic N) is 1. The van der Waals surface area contributed by atoms with Crippen molar-refractivity contribution >= 4 is 11.6 Å². The Kier molecular flexibility index (Phi) is 6.05. The molecule has 1 heterocycles. The summed E-state index contributed by atoms with van der Waals surface area (Å²) in [6.45, 7) is 12.1. The average molecular weight is 318 g/mol. The van der Waals surface area contributed by atoms with Crippen LogP contribution in [0.5, 0.6) is 5.75 Å². The maximum absolute atomic E-state index is 11.9. The van der Waals surface area contributed by atoms with Gasteiger partial charge in [0.25, 0.3) is 0 Å². The van der Waals surface area contributed by atoms with Gasteiger partial charge in [-0.3, -0.25) is 9.69 Å². The summed E-state index contributed by atoms with van der Waals surface area (Å²) in [6, 6.07) is 7.61. The first-order valence-corrected chi connectivity index (χ1v) is 8.61. The molecule has 128 valence electrons. The summed E-state index contributed by atoms with van der Waals surface area (Å²) in [6.07, 6.45) is 2.64. The number of carbonyl (C=O) groups is 1. The molecule has 0 aromatic heterocycles. The molecule has 1 amide bonds. The van der Waals surface area contributed by atoms with Gasteiger partial charge < -0.3 is 10.1 Å². The van der Waals surface area contributed by atoms with E-state index in [0.717, 1.165) is 23.9 Å². The summed E-state index contributed by atoms with van der Waals surface area (Å²) in [7, 11) is 0. The molecular formula is C19H30N2O2. The highest BCUT2D eigenvalue weighted by atomic mass is 16.5. The third kappa shape index (κ3) is 5.87. The van der Waals surface area contributed by atoms with Gasteiger partial charge in [0.05, 0.1) is 0 Å². The van der Waals surface area contributed by atoms with E-state index in [-0.39, 0.29) is 11.3 Å². The first kappa shape index (κ1) is 17.8. The Morgan fingerprint density at radius 2 is 2.00 bits per heavy atom. The fourth-order valence-corrected chi connectivity index (χ4v) is 2.74. The zero-order valence-electron chi connectivity index (χ0n) is 14.9. The molecule has 0 spiro atoms. The van der Waals surface area contributed by atoms with Crippen LogP contribution in [0.1, 0.15) is 40.5 Å². The predicted molar refractivity (Wildman–Crippen MR) is 94.9 cm³/mol. The largest absolute Gasteiger partial charge is 0.492 e. The molecule has 23 heavy (non-hydrogen) atoms. The van der Waals surface area contributed by atoms with Crippen LogP contribution < -0.4 is 10.1 Å². The minimum atomic E-state index is -0.388. The minimum Gasteiger partial charge on any atom is -0.492 e. The zero-order chi connectivity index (χ0) is 16.9. The van der Waals surface area contributed by atoms with Gasteiger partial charge in [-0.15, -0.1) is 0 Å². The summed E-state index contributed by atoms with van der Waals surface area (Å²) in [5, 5.41) is 2.92. The number of carbonyl (C=O) groups excluding carboxylic acids is 1. The molecule has 4 heteroatoms. The molecule has 1 saturated heterocycles. The number of benzene rings is 1. The lowest BCUT2D eigenvalue weighted by molar-refractivity contribution is -0.123. The van der Waals surface area contributed by atoms with Crippen molar-refractivity contribution in [2.75, 3.05) is 31.6 Å². The molecule has 2 rings (SSSR count). The molecule has 0 saturated carbocycles. The summed E-state index contributed by atoms with van der Waals surface area (Å²) in [5.41, 5.74) is 0.419. The second-order valence-corrected chi connectivity index (χ2v) is 7.62. The summed E-state index contributed by atoms with van der Waals surface area (Å²) in [5.74, 6) is 1.67. The molecule has 1 aliphatic rings. The van der Waals surface area contributed by atoms with Crippen molar-refractivity contribution in [3.05, 3.63) is 24.3 Å². The second kappa shape index (κ2) is 7.82. The number of hydrogen-bond donors (Lipinski definition) is 1. The topological polar surface area (TPSA) is 41.6 Å². The molecule has 1 fully saturated rings. The number of piperidine rings is 1. The Labute approximate surface area is 140 Å². The molecule has 0 unspecified atom stereocenters. The Morgan fingerprint density at radius 1 is 1.30 bits per heavy atom. The van der Waals surface area contributed by atoms with Gasteiger partial charge in [0.15, 0.2) is 0 Å². The number of ether oxygens (including phenoxy) is 1. The lowest BCUT2D eigenvalue weighted by atomic mass is 9.95. The number of nitrogens with one attached hydrogen (secondary N) is 1. The van der Waals surface area contributed by atoms with Crippen molar-refractivity contribution in [1.82, 2.24) is 4.90 Å². The van der Waals surface area contributed by atoms with Gasteiger partial charge in [0.1, 0.15) is 12.4 Å². The van der Waals surface area contributed by atoms with Gasteiger partial charge in [-0.05, 0) is 49.6 Å². The summed E-state index contributed by atoms with van der Waals surface area (Å²) >= 11 is 0. The highest BCUT2D eigenvalue weighted by Crippen LogP contribution is 2.20. The van der Waals surface area contributed by atoms with E-state index >= 15 is 0 Å². The van der Waals surface area contributed by atoms with E-state index in [9.17, 15) is 4.79 Å². The van der Waals surface area contributed by atoms with Gasteiger partial charge in [0.2, 0.25) is 5.91 Å². The van der Waals surface area contributed by atoms with E-state index in [1.165, 1.54) is 25.9 Å². The molecule has 0 bridgehead atoms. The van der Waals surface area contributed by atoms with E-state index in [1.54, 1.807) is 0 Å². The van der Waals surface area contributed by atoms with Crippen LogP contribution in [0.25, 0.3) is 0 Å². The highest BCUT2D eigenvalue weighted by Gasteiger charge is 2.21. The third-order valence-electron chi connectivity index (χ3n) is 4.21. The van der Waals surface area contributed by atoms with Crippen LogP contribution in [0.4, 0.5) is 5.69 Å². The Morgan fingerprint density at radius 3 is 2.61 bits per heavy atom. The van der Waals surface area contributed by atoms with Crippen LogP contribution in [0.3, 0.4) is 0 Å². The number of likely N-dealkylation sites (tertiary alicyclic amines) is 1. The van der Waals surface area contributed by atoms with E-state index in [2.05, 4.69) is 17.1 Å². The van der Waals surface area contributed by atoms with Crippen molar-refractivity contribution < 1.29 is 9.53 Å². The molecule has 0 radical (unpaired) electrons. The fraction of sp³-hybridized carbons (Fsp3) is 0.632. The SMILES string of the molecule is C[C@@H]1CCCN(CCOc2ccc(NC(=O)C(C)(C)C)cc2)C1. The number of amides is 1. The molecule has 1 aromatic rings. The monoisotopic (exact) mass is 318 g/mol. The highest BCUT2D eigenvalue weighted by molar-refractivity contribution is 5.94. The van der Waals surface area contributed by atoms with Crippen LogP contribution in [0.15, 0.2) is 24.3 Å². The van der Waals surface area contributed by atoms with Crippen molar-refractivity contribution in [2.45, 2.75) is 40.5 Å². The normalized spacial score (nSPS) is 19.4. The number of rotatable bonds is 5. The molecule has 1 atom stereocenters. The quantitative estimate of drug-likeness (QED) is 0.898. The van der Waals surface area contributed by atoms with Crippen LogP contribution in [0, 0.1) is 11.3 Å². The van der Waals surface area contributed by atoms with Crippen LogP contribution >= 0.6 is 0 Å². The van der Waals surface area contributed by atoms with Gasteiger partial charge in [-0.2, -0.15) is 0 Å². The van der Waals surface area contributed by atoms with Crippen molar-refractivity contribution in [3.63, 3.8) is 0 Å². The van der Waals surface area contributed by atoms with Crippen molar-refractivity contribution in [1.29, 1.82) is 0 Å². The number of hydrogen-bond acceptors (Lipinski definition) is 3. The van der Waals surface area contributed by atoms with E-state index in [1.807, 2.05) is 45.0 Å². The van der Waals surface area contributed by atoms with Gasteiger partial charge in [-0.25, -0.2) is 0 Å². The van der Waals surface area contributed by atoms with Gasteiger partial charge in [-0.1, -0.05) is 27.7 Å². The molecule has 1 aliphatic heterocycles. The maximum Gasteiger partial charge on any atom is 0.229 e. The first-order valence-electron chi connectivity index (χ1n) is 8.61. The van der Waals surface area contributed by atoms with E-state index < -0.39 is 0 Å². The Hall–Kier alpha value is -1.55. The minimum absolute atomic E-state index is 0.0189. The van der Waals surface area contributed by atoms with E-state index in [0.29, 0.717) is 6.61 Å². The Bertz CT molecular complexity index is 505. The van der Waals surface area contributed by atoms with Crippen molar-refractivity contribution in [3.8, 4) is 5.75 Å². The van der Waals surface area contributed by atoms with Crippen LogP contribution in [-0.4, -0.2) is 37.0 Å². The van der Waals surface area contributed by atoms with Crippen LogP contribution in [-0.2, 0) is 4.79 Å². The standard InChI is InChI=1S/C19H30N2O2/c1-15-6-5-11-21(14-15)12-13-23-17-9-7-16(8-10-17)20-18(22)19(2,3)4/h7-10,15H,5-6,11-14H2,1-4H3,(H,20,22)/t15-/m1/s1. The predicted octanol–water partition coefficient (Wildman–Crippen LogP) is 3.78. The summed E-state index contributed by atoms with van der Waals surface area (Å²) in [4.78, 5) is 14.4. The zero-order valence-corrected chi connectivity index (χ0v) is 14.9. The molecule has 4 nitrogen and oxygen atoms in total. The average Bonchev–Trinajstić information content (AvgIpc) is 2.48. The second-order valence-electron chi connectivity index (χ2n) is 7.62.